The van der Waals surface area contributed by atoms with Gasteiger partial charge < -0.3 is 15.5 Å². The Morgan fingerprint density at radius 3 is 2.32 bits per heavy atom. The Bertz CT molecular complexity index is 2860. The number of anilines is 1. The summed E-state index contributed by atoms with van der Waals surface area (Å²) in [6.07, 6.45) is 12.3. The van der Waals surface area contributed by atoms with Crippen LogP contribution < -0.4 is 15.5 Å². The Morgan fingerprint density at radius 2 is 1.58 bits per heavy atom. The van der Waals surface area contributed by atoms with E-state index in [2.05, 4.69) is 121 Å². The molecule has 0 aromatic heterocycles. The monoisotopic (exact) mass is 909 g/mol. The van der Waals surface area contributed by atoms with E-state index in [1.54, 1.807) is 19.1 Å². The van der Waals surface area contributed by atoms with Gasteiger partial charge in [-0.2, -0.15) is 13.0 Å². The molecule has 0 bridgehead atoms. The summed E-state index contributed by atoms with van der Waals surface area (Å²) >= 11 is 0. The Labute approximate surface area is 389 Å². The van der Waals surface area contributed by atoms with Crippen molar-refractivity contribution in [2.45, 2.75) is 84.0 Å². The van der Waals surface area contributed by atoms with Gasteiger partial charge in [-0.15, -0.1) is 0 Å². The van der Waals surface area contributed by atoms with E-state index in [9.17, 15) is 27.0 Å². The molecular formula is C55H62FN4O5S+. The fraction of sp³-hybridized carbons (Fsp3) is 0.327. The first-order valence-electron chi connectivity index (χ1n) is 23.0. The van der Waals surface area contributed by atoms with Gasteiger partial charge in [0, 0.05) is 66.1 Å². The highest BCUT2D eigenvalue weighted by atomic mass is 32.2. The number of fused-ring (bicyclic) bond motifs is 4. The molecule has 5 aromatic carbocycles. The quantitative estimate of drug-likeness (QED) is 0.0349. The molecule has 1 atom stereocenters. The first-order valence-corrected chi connectivity index (χ1v) is 24.6. The van der Waals surface area contributed by atoms with E-state index in [-0.39, 0.29) is 40.6 Å². The van der Waals surface area contributed by atoms with Crippen molar-refractivity contribution in [1.82, 2.24) is 10.6 Å². The van der Waals surface area contributed by atoms with Gasteiger partial charge in [-0.1, -0.05) is 111 Å². The van der Waals surface area contributed by atoms with E-state index in [4.69, 9.17) is 0 Å². The smallest absolute Gasteiger partial charge is 0.264 e. The number of benzene rings is 5. The lowest BCUT2D eigenvalue weighted by atomic mass is 9.79. The summed E-state index contributed by atoms with van der Waals surface area (Å²) in [5, 5.41) is 8.29. The number of allylic oxidation sites excluding steroid dienone is 6. The summed E-state index contributed by atoms with van der Waals surface area (Å²) in [7, 11) is -4.02. The zero-order valence-electron chi connectivity index (χ0n) is 38.9. The average molecular weight is 910 g/mol. The SMILES string of the molecule is CCN1/C(=C/C=C/C=C/C2=[N+](CCCCS(=O)(=O)O)c3ccc4ccccc4c3C2(C)C)C(C)(C)c2cc(CC(=O)NCCCNC(=O)[C@@H](C)c3ccc(-c4ccccc4)c(F)c3)ccc21. The summed E-state index contributed by atoms with van der Waals surface area (Å²) in [6.45, 7) is 15.0. The molecule has 66 heavy (non-hydrogen) atoms. The van der Waals surface area contributed by atoms with E-state index in [1.807, 2.05) is 48.5 Å². The standard InChI is InChI=1S/C55H61FN4O5S/c1-7-59-47-29-25-39(36-51(61)57-31-18-32-58-53(62)38(2)42-26-28-43(46(56)37-42)40-19-10-8-11-20-40)35-45(47)54(3,4)49(59)23-12-9-13-24-50-55(5,6)52-44-22-15-14-21-41(44)27-30-48(52)60(50)33-16-17-34-66(63,64)65/h8-15,19-30,35,37-38H,7,16-18,31-34,36H2,1-6H3,(H2-,57,58,61,62,63,64,65)/p+1/t38-/m0/s1. The second kappa shape index (κ2) is 20.1. The third kappa shape index (κ3) is 10.4. The van der Waals surface area contributed by atoms with Crippen molar-refractivity contribution in [3.8, 4) is 11.1 Å². The van der Waals surface area contributed by atoms with Crippen molar-refractivity contribution in [1.29, 1.82) is 0 Å². The van der Waals surface area contributed by atoms with Crippen molar-refractivity contribution >= 4 is 49.8 Å². The molecule has 344 valence electrons. The van der Waals surface area contributed by atoms with E-state index >= 15 is 0 Å². The Balaban J connectivity index is 0.954. The number of rotatable bonds is 18. The molecule has 5 aromatic rings. The molecule has 0 fully saturated rings. The molecule has 0 radical (unpaired) electrons. The van der Waals surface area contributed by atoms with Crippen LogP contribution in [0.4, 0.5) is 15.8 Å². The van der Waals surface area contributed by atoms with Crippen LogP contribution in [0.1, 0.15) is 89.0 Å². The van der Waals surface area contributed by atoms with E-state index < -0.39 is 16.0 Å². The van der Waals surface area contributed by atoms with Crippen LogP contribution >= 0.6 is 0 Å². The Kier molecular flexibility index (Phi) is 14.6. The molecule has 2 aliphatic rings. The third-order valence-corrected chi connectivity index (χ3v) is 13.9. The van der Waals surface area contributed by atoms with Crippen LogP contribution in [-0.4, -0.2) is 67.0 Å². The maximum absolute atomic E-state index is 15.0. The third-order valence-electron chi connectivity index (χ3n) is 13.1. The molecule has 7 rings (SSSR count). The summed E-state index contributed by atoms with van der Waals surface area (Å²) in [6, 6.07) is 33.2. The minimum Gasteiger partial charge on any atom is -0.356 e. The van der Waals surface area contributed by atoms with Crippen molar-refractivity contribution < 1.29 is 31.5 Å². The average Bonchev–Trinajstić information content (AvgIpc) is 3.64. The molecule has 3 N–H and O–H groups in total. The van der Waals surface area contributed by atoms with Gasteiger partial charge in [0.1, 0.15) is 12.4 Å². The molecule has 2 aliphatic heterocycles. The zero-order valence-corrected chi connectivity index (χ0v) is 39.7. The van der Waals surface area contributed by atoms with Gasteiger partial charge in [-0.25, -0.2) is 4.39 Å². The lowest BCUT2D eigenvalue weighted by molar-refractivity contribution is -0.438. The van der Waals surface area contributed by atoms with Crippen LogP contribution in [0.2, 0.25) is 0 Å². The molecule has 2 heterocycles. The number of amides is 2. The van der Waals surface area contributed by atoms with Crippen molar-refractivity contribution in [3.63, 3.8) is 0 Å². The summed E-state index contributed by atoms with van der Waals surface area (Å²) in [5.74, 6) is -1.43. The zero-order chi connectivity index (χ0) is 47.2. The number of nitrogens with zero attached hydrogens (tertiary/aromatic N) is 2. The van der Waals surface area contributed by atoms with Crippen LogP contribution in [0, 0.1) is 5.82 Å². The molecule has 0 spiro atoms. The minimum absolute atomic E-state index is 0.0893. The van der Waals surface area contributed by atoms with E-state index in [0.717, 1.165) is 46.0 Å². The predicted molar refractivity (Wildman–Crippen MR) is 266 cm³/mol. The largest absolute Gasteiger partial charge is 0.356 e. The molecule has 0 aliphatic carbocycles. The highest BCUT2D eigenvalue weighted by Crippen LogP contribution is 2.48. The first kappa shape index (κ1) is 47.8. The van der Waals surface area contributed by atoms with Crippen molar-refractivity contribution in [2.75, 3.05) is 36.8 Å². The first-order chi connectivity index (χ1) is 31.5. The van der Waals surface area contributed by atoms with Crippen LogP contribution in [0.25, 0.3) is 21.9 Å². The second-order valence-electron chi connectivity index (χ2n) is 18.4. The topological polar surface area (TPSA) is 119 Å². The molecule has 2 amide bonds. The summed E-state index contributed by atoms with van der Waals surface area (Å²) < 4.78 is 49.5. The van der Waals surface area contributed by atoms with Crippen LogP contribution in [0.3, 0.4) is 0 Å². The lowest BCUT2D eigenvalue weighted by Gasteiger charge is -2.25. The number of carbonyl (C=O) groups excluding carboxylic acids is 2. The normalized spacial score (nSPS) is 16.4. The van der Waals surface area contributed by atoms with Crippen LogP contribution in [-0.2, 0) is 37.0 Å². The fourth-order valence-corrected chi connectivity index (χ4v) is 10.2. The van der Waals surface area contributed by atoms with Gasteiger partial charge in [0.2, 0.25) is 17.5 Å². The number of hydrogen-bond donors (Lipinski definition) is 3. The predicted octanol–water partition coefficient (Wildman–Crippen LogP) is 10.5. The highest BCUT2D eigenvalue weighted by molar-refractivity contribution is 7.85. The van der Waals surface area contributed by atoms with Crippen molar-refractivity contribution in [3.05, 3.63) is 167 Å². The molecule has 0 unspecified atom stereocenters. The van der Waals surface area contributed by atoms with Gasteiger partial charge in [0.05, 0.1) is 23.5 Å². The highest BCUT2D eigenvalue weighted by Gasteiger charge is 2.45. The second-order valence-corrected chi connectivity index (χ2v) is 19.9. The number of unbranched alkanes of at least 4 members (excludes halogenated alkanes) is 1. The number of halogens is 1. The van der Waals surface area contributed by atoms with Gasteiger partial charge in [0.15, 0.2) is 5.71 Å². The summed E-state index contributed by atoms with van der Waals surface area (Å²) in [4.78, 5) is 28.3. The lowest BCUT2D eigenvalue weighted by Crippen LogP contribution is -2.32. The molecular weight excluding hydrogens is 848 g/mol. The van der Waals surface area contributed by atoms with Crippen molar-refractivity contribution in [2.24, 2.45) is 0 Å². The number of nitrogens with one attached hydrogen (secondary N) is 2. The Hall–Kier alpha value is -6.17. The molecule has 0 saturated carbocycles. The van der Waals surface area contributed by atoms with Crippen LogP contribution in [0.15, 0.2) is 139 Å². The minimum atomic E-state index is -4.02. The molecule has 9 nitrogen and oxygen atoms in total. The van der Waals surface area contributed by atoms with Crippen LogP contribution in [0.5, 0.6) is 0 Å². The fourth-order valence-electron chi connectivity index (χ4n) is 9.59. The Morgan fingerprint density at radius 1 is 0.833 bits per heavy atom. The number of likely N-dealkylation sites (N-methyl/N-ethyl adjacent to an activating group) is 1. The summed E-state index contributed by atoms with van der Waals surface area (Å²) in [5.41, 5.74) is 9.10. The van der Waals surface area contributed by atoms with E-state index in [1.165, 1.54) is 22.4 Å². The molecule has 0 saturated heterocycles. The van der Waals surface area contributed by atoms with Gasteiger partial charge in [-0.05, 0) is 97.8 Å². The van der Waals surface area contributed by atoms with E-state index in [0.29, 0.717) is 50.0 Å². The van der Waals surface area contributed by atoms with Gasteiger partial charge in [-0.3, -0.25) is 14.1 Å². The maximum atomic E-state index is 15.0. The molecule has 11 heteroatoms. The number of carbonyl (C=O) groups is 2. The van der Waals surface area contributed by atoms with Gasteiger partial charge >= 0.3 is 0 Å². The maximum Gasteiger partial charge on any atom is 0.264 e. The number of hydrogen-bond acceptors (Lipinski definition) is 5. The van der Waals surface area contributed by atoms with Gasteiger partial charge in [0.25, 0.3) is 10.1 Å².